The Morgan fingerprint density at radius 2 is 1.72 bits per heavy atom. The maximum absolute atomic E-state index is 13.1. The summed E-state index contributed by atoms with van der Waals surface area (Å²) in [4.78, 5) is 14.6. The zero-order valence-electron chi connectivity index (χ0n) is 16.4. The van der Waals surface area contributed by atoms with Gasteiger partial charge in [-0.25, -0.2) is 12.8 Å². The van der Waals surface area contributed by atoms with Gasteiger partial charge in [-0.1, -0.05) is 30.3 Å². The zero-order valence-corrected chi connectivity index (χ0v) is 17.2. The molecule has 0 saturated carbocycles. The molecule has 1 saturated heterocycles. The van der Waals surface area contributed by atoms with E-state index in [9.17, 15) is 17.6 Å². The average Bonchev–Trinajstić information content (AvgIpc) is 2.99. The van der Waals surface area contributed by atoms with Crippen molar-refractivity contribution in [2.24, 2.45) is 0 Å². The summed E-state index contributed by atoms with van der Waals surface area (Å²) in [5.41, 5.74) is 1.03. The van der Waals surface area contributed by atoms with Crippen LogP contribution in [0.4, 0.5) is 4.39 Å². The fourth-order valence-electron chi connectivity index (χ4n) is 3.40. The van der Waals surface area contributed by atoms with E-state index in [2.05, 4.69) is 5.32 Å². The largest absolute Gasteiger partial charge is 0.351 e. The topological polar surface area (TPSA) is 69.7 Å². The quantitative estimate of drug-likeness (QED) is 0.780. The minimum Gasteiger partial charge on any atom is -0.351 e. The van der Waals surface area contributed by atoms with Crippen molar-refractivity contribution in [2.45, 2.75) is 30.8 Å². The van der Waals surface area contributed by atoms with E-state index in [1.807, 2.05) is 42.2 Å². The summed E-state index contributed by atoms with van der Waals surface area (Å²) in [6.45, 7) is 4.05. The zero-order chi connectivity index (χ0) is 20.9. The van der Waals surface area contributed by atoms with E-state index in [-0.39, 0.29) is 23.4 Å². The highest BCUT2D eigenvalue weighted by Crippen LogP contribution is 2.19. The number of halogens is 1. The third kappa shape index (κ3) is 5.41. The molecule has 1 fully saturated rings. The summed E-state index contributed by atoms with van der Waals surface area (Å²) in [6.07, 6.45) is 0.622. The first kappa shape index (κ1) is 21.4. The third-order valence-corrected chi connectivity index (χ3v) is 7.09. The van der Waals surface area contributed by atoms with Crippen LogP contribution in [-0.4, -0.2) is 55.8 Å². The summed E-state index contributed by atoms with van der Waals surface area (Å²) in [5, 5.41) is 2.94. The standard InChI is InChI=1S/C21H26FN3O3S/c1-17(21(26)23-16-18-6-3-2-4-7-18)24-12-5-13-25(15-14-24)29(27,28)20-10-8-19(22)9-11-20/h2-4,6-11,17H,5,12-16H2,1H3,(H,23,26)/t17-/m1/s1. The van der Waals surface area contributed by atoms with Gasteiger partial charge in [0.1, 0.15) is 5.82 Å². The number of benzene rings is 2. The number of hydrogen-bond acceptors (Lipinski definition) is 4. The van der Waals surface area contributed by atoms with Crippen LogP contribution in [0.1, 0.15) is 18.9 Å². The minimum atomic E-state index is -3.68. The van der Waals surface area contributed by atoms with Gasteiger partial charge in [0.2, 0.25) is 15.9 Å². The summed E-state index contributed by atoms with van der Waals surface area (Å²) >= 11 is 0. The van der Waals surface area contributed by atoms with Gasteiger partial charge in [0, 0.05) is 32.7 Å². The molecule has 0 unspecified atom stereocenters. The molecule has 0 bridgehead atoms. The number of carbonyl (C=O) groups is 1. The fourth-order valence-corrected chi connectivity index (χ4v) is 4.87. The lowest BCUT2D eigenvalue weighted by molar-refractivity contribution is -0.126. The number of amides is 1. The van der Waals surface area contributed by atoms with Crippen LogP contribution < -0.4 is 5.32 Å². The molecule has 1 N–H and O–H groups in total. The van der Waals surface area contributed by atoms with Gasteiger partial charge in [0.25, 0.3) is 0 Å². The molecule has 29 heavy (non-hydrogen) atoms. The van der Waals surface area contributed by atoms with Crippen LogP contribution in [0.15, 0.2) is 59.5 Å². The smallest absolute Gasteiger partial charge is 0.243 e. The second kappa shape index (κ2) is 9.47. The third-order valence-electron chi connectivity index (χ3n) is 5.18. The maximum Gasteiger partial charge on any atom is 0.243 e. The fraction of sp³-hybridized carbons (Fsp3) is 0.381. The van der Waals surface area contributed by atoms with Crippen LogP contribution >= 0.6 is 0 Å². The summed E-state index contributed by atoms with van der Waals surface area (Å²) in [6, 6.07) is 14.2. The van der Waals surface area contributed by atoms with E-state index in [1.165, 1.54) is 16.4 Å². The van der Waals surface area contributed by atoms with Crippen LogP contribution in [0.2, 0.25) is 0 Å². The van der Waals surface area contributed by atoms with Gasteiger partial charge in [0.05, 0.1) is 10.9 Å². The molecule has 0 aromatic heterocycles. The van der Waals surface area contributed by atoms with Crippen LogP contribution in [0.5, 0.6) is 0 Å². The van der Waals surface area contributed by atoms with Gasteiger partial charge in [0.15, 0.2) is 0 Å². The van der Waals surface area contributed by atoms with E-state index in [4.69, 9.17) is 0 Å². The predicted octanol–water partition coefficient (Wildman–Crippen LogP) is 2.23. The summed E-state index contributed by atoms with van der Waals surface area (Å²) < 4.78 is 40.2. The Morgan fingerprint density at radius 1 is 1.03 bits per heavy atom. The van der Waals surface area contributed by atoms with Crippen molar-refractivity contribution in [3.63, 3.8) is 0 Å². The van der Waals surface area contributed by atoms with Gasteiger partial charge < -0.3 is 5.32 Å². The van der Waals surface area contributed by atoms with E-state index >= 15 is 0 Å². The maximum atomic E-state index is 13.1. The van der Waals surface area contributed by atoms with E-state index in [1.54, 1.807) is 0 Å². The van der Waals surface area contributed by atoms with Crippen molar-refractivity contribution in [3.05, 3.63) is 66.0 Å². The van der Waals surface area contributed by atoms with Crippen molar-refractivity contribution in [2.75, 3.05) is 26.2 Å². The van der Waals surface area contributed by atoms with Gasteiger partial charge in [-0.3, -0.25) is 9.69 Å². The Bertz CT molecular complexity index is 920. The lowest BCUT2D eigenvalue weighted by Crippen LogP contribution is -2.46. The molecule has 0 spiro atoms. The molecule has 1 amide bonds. The van der Waals surface area contributed by atoms with Gasteiger partial charge in [-0.05, 0) is 43.2 Å². The first-order chi connectivity index (χ1) is 13.9. The van der Waals surface area contributed by atoms with Gasteiger partial charge in [-0.15, -0.1) is 0 Å². The van der Waals surface area contributed by atoms with Crippen molar-refractivity contribution in [1.29, 1.82) is 0 Å². The lowest BCUT2D eigenvalue weighted by Gasteiger charge is -2.27. The van der Waals surface area contributed by atoms with Crippen molar-refractivity contribution < 1.29 is 17.6 Å². The second-order valence-electron chi connectivity index (χ2n) is 7.13. The summed E-state index contributed by atoms with van der Waals surface area (Å²) in [5.74, 6) is -0.551. The number of carbonyl (C=O) groups excluding carboxylic acids is 1. The second-order valence-corrected chi connectivity index (χ2v) is 9.06. The monoisotopic (exact) mass is 419 g/mol. The number of nitrogens with one attached hydrogen (secondary N) is 1. The summed E-state index contributed by atoms with van der Waals surface area (Å²) in [7, 11) is -3.68. The average molecular weight is 420 g/mol. The first-order valence-corrected chi connectivity index (χ1v) is 11.1. The molecule has 8 heteroatoms. The Morgan fingerprint density at radius 3 is 2.41 bits per heavy atom. The predicted molar refractivity (Wildman–Crippen MR) is 109 cm³/mol. The Hall–Kier alpha value is -2.29. The molecule has 0 aliphatic carbocycles. The molecule has 156 valence electrons. The highest BCUT2D eigenvalue weighted by molar-refractivity contribution is 7.89. The molecule has 1 aliphatic rings. The number of rotatable bonds is 6. The first-order valence-electron chi connectivity index (χ1n) is 9.69. The Kier molecular flexibility index (Phi) is 7.00. The molecule has 1 heterocycles. The molecule has 1 atom stereocenters. The highest BCUT2D eigenvalue weighted by atomic mass is 32.2. The van der Waals surface area contributed by atoms with Crippen molar-refractivity contribution in [1.82, 2.24) is 14.5 Å². The van der Waals surface area contributed by atoms with Crippen molar-refractivity contribution in [3.8, 4) is 0 Å². The SMILES string of the molecule is C[C@H](C(=O)NCc1ccccc1)N1CCCN(S(=O)(=O)c2ccc(F)cc2)CC1. The van der Waals surface area contributed by atoms with E-state index in [0.717, 1.165) is 17.7 Å². The molecule has 0 radical (unpaired) electrons. The molecular weight excluding hydrogens is 393 g/mol. The molecule has 6 nitrogen and oxygen atoms in total. The van der Waals surface area contributed by atoms with Crippen LogP contribution in [0.3, 0.4) is 0 Å². The number of nitrogens with zero attached hydrogens (tertiary/aromatic N) is 2. The molecule has 2 aromatic carbocycles. The van der Waals surface area contributed by atoms with E-state index in [0.29, 0.717) is 32.6 Å². The Labute approximate surface area is 171 Å². The molecule has 2 aromatic rings. The van der Waals surface area contributed by atoms with E-state index < -0.39 is 15.8 Å². The molecule has 3 rings (SSSR count). The van der Waals surface area contributed by atoms with Crippen molar-refractivity contribution >= 4 is 15.9 Å². The Balaban J connectivity index is 1.58. The van der Waals surface area contributed by atoms with Crippen LogP contribution in [0, 0.1) is 5.82 Å². The van der Waals surface area contributed by atoms with Gasteiger partial charge in [-0.2, -0.15) is 4.31 Å². The van der Waals surface area contributed by atoms with Crippen LogP contribution in [0.25, 0.3) is 0 Å². The highest BCUT2D eigenvalue weighted by Gasteiger charge is 2.29. The van der Waals surface area contributed by atoms with Gasteiger partial charge >= 0.3 is 0 Å². The normalized spacial score (nSPS) is 17.4. The minimum absolute atomic E-state index is 0.0799. The molecular formula is C21H26FN3O3S. The lowest BCUT2D eigenvalue weighted by atomic mass is 10.2. The number of hydrogen-bond donors (Lipinski definition) is 1. The molecule has 1 aliphatic heterocycles. The number of sulfonamides is 1. The van der Waals surface area contributed by atoms with Crippen LogP contribution in [-0.2, 0) is 21.4 Å².